The van der Waals surface area contributed by atoms with E-state index in [0.717, 1.165) is 29.1 Å². The summed E-state index contributed by atoms with van der Waals surface area (Å²) in [5.74, 6) is 0.832. The first-order valence-corrected chi connectivity index (χ1v) is 7.00. The van der Waals surface area contributed by atoms with Crippen molar-refractivity contribution in [2.24, 2.45) is 7.05 Å². The molecule has 0 spiro atoms. The minimum Gasteiger partial charge on any atom is -0.487 e. The molecule has 0 saturated heterocycles. The molecule has 0 aliphatic rings. The number of aryl methyl sites for hydroxylation is 2. The highest BCUT2D eigenvalue weighted by atomic mass is 16.5. The van der Waals surface area contributed by atoms with Crippen molar-refractivity contribution < 1.29 is 9.84 Å². The van der Waals surface area contributed by atoms with Gasteiger partial charge in [0.25, 0.3) is 0 Å². The molecule has 108 valence electrons. The maximum absolute atomic E-state index is 9.34. The van der Waals surface area contributed by atoms with Crippen molar-refractivity contribution in [3.8, 4) is 5.75 Å². The first kappa shape index (κ1) is 14.6. The summed E-state index contributed by atoms with van der Waals surface area (Å²) in [6.07, 6.45) is 1.28. The second kappa shape index (κ2) is 6.57. The van der Waals surface area contributed by atoms with Crippen LogP contribution in [0.2, 0.25) is 0 Å². The molecule has 1 atom stereocenters. The van der Waals surface area contributed by atoms with Crippen molar-refractivity contribution in [1.82, 2.24) is 9.78 Å². The molecule has 2 rings (SSSR count). The van der Waals surface area contributed by atoms with Crippen molar-refractivity contribution in [2.45, 2.75) is 39.4 Å². The molecule has 0 aliphatic heterocycles. The lowest BCUT2D eigenvalue weighted by Crippen LogP contribution is -2.04. The van der Waals surface area contributed by atoms with Gasteiger partial charge >= 0.3 is 0 Å². The van der Waals surface area contributed by atoms with Crippen LogP contribution < -0.4 is 4.74 Å². The summed E-state index contributed by atoms with van der Waals surface area (Å²) in [7, 11) is 1.93. The number of nitrogens with zero attached hydrogens (tertiary/aromatic N) is 2. The van der Waals surface area contributed by atoms with E-state index < -0.39 is 0 Å². The van der Waals surface area contributed by atoms with Gasteiger partial charge in [-0.15, -0.1) is 0 Å². The van der Waals surface area contributed by atoms with Gasteiger partial charge in [-0.3, -0.25) is 4.68 Å². The Kier molecular flexibility index (Phi) is 4.79. The van der Waals surface area contributed by atoms with Gasteiger partial charge in [0.1, 0.15) is 12.4 Å². The minimum atomic E-state index is -0.316. The number of aliphatic hydroxyl groups excluding tert-OH is 1. The standard InChI is InChI=1S/C16H22N2O2/c1-4-14-10-15(18(3)17-14)11-20-16-7-5-13(6-8-16)9-12(2)19/h5-8,10,12,19H,4,9,11H2,1-3H3. The Morgan fingerprint density at radius 2 is 2.00 bits per heavy atom. The largest absolute Gasteiger partial charge is 0.487 e. The van der Waals surface area contributed by atoms with Crippen molar-refractivity contribution >= 4 is 0 Å². The van der Waals surface area contributed by atoms with Gasteiger partial charge in [-0.1, -0.05) is 19.1 Å². The molecule has 0 bridgehead atoms. The van der Waals surface area contributed by atoms with Crippen molar-refractivity contribution in [3.63, 3.8) is 0 Å². The summed E-state index contributed by atoms with van der Waals surface area (Å²) < 4.78 is 7.63. The van der Waals surface area contributed by atoms with Gasteiger partial charge in [-0.2, -0.15) is 5.10 Å². The van der Waals surface area contributed by atoms with Crippen LogP contribution in [0.3, 0.4) is 0 Å². The third-order valence-corrected chi connectivity index (χ3v) is 3.23. The predicted molar refractivity (Wildman–Crippen MR) is 78.7 cm³/mol. The zero-order valence-electron chi connectivity index (χ0n) is 12.3. The number of hydrogen-bond acceptors (Lipinski definition) is 3. The second-order valence-electron chi connectivity index (χ2n) is 5.09. The van der Waals surface area contributed by atoms with Crippen LogP contribution in [-0.2, 0) is 26.5 Å². The Morgan fingerprint density at radius 1 is 1.30 bits per heavy atom. The number of aliphatic hydroxyl groups is 1. The van der Waals surface area contributed by atoms with E-state index in [4.69, 9.17) is 4.74 Å². The molecule has 0 amide bonds. The Balaban J connectivity index is 1.94. The number of aromatic nitrogens is 2. The summed E-state index contributed by atoms with van der Waals surface area (Å²) in [5, 5.41) is 13.7. The molecule has 4 heteroatoms. The molecule has 0 aliphatic carbocycles. The summed E-state index contributed by atoms with van der Waals surface area (Å²) >= 11 is 0. The molecule has 1 N–H and O–H groups in total. The van der Waals surface area contributed by atoms with Gasteiger partial charge in [-0.05, 0) is 43.5 Å². The van der Waals surface area contributed by atoms with E-state index in [1.807, 2.05) is 36.0 Å². The van der Waals surface area contributed by atoms with E-state index in [9.17, 15) is 5.11 Å². The Bertz CT molecular complexity index is 544. The molecule has 1 unspecified atom stereocenters. The predicted octanol–water partition coefficient (Wildman–Crippen LogP) is 2.48. The third kappa shape index (κ3) is 3.84. The number of ether oxygens (including phenoxy) is 1. The summed E-state index contributed by atoms with van der Waals surface area (Å²) in [6, 6.07) is 9.93. The minimum absolute atomic E-state index is 0.316. The average molecular weight is 274 g/mol. The van der Waals surface area contributed by atoms with Gasteiger partial charge in [-0.25, -0.2) is 0 Å². The van der Waals surface area contributed by atoms with Crippen LogP contribution in [0.5, 0.6) is 5.75 Å². The van der Waals surface area contributed by atoms with E-state index in [0.29, 0.717) is 13.0 Å². The smallest absolute Gasteiger partial charge is 0.130 e. The topological polar surface area (TPSA) is 47.3 Å². The number of hydrogen-bond donors (Lipinski definition) is 1. The van der Waals surface area contributed by atoms with Crippen molar-refractivity contribution in [3.05, 3.63) is 47.3 Å². The number of benzene rings is 1. The molecule has 20 heavy (non-hydrogen) atoms. The Hall–Kier alpha value is -1.81. The van der Waals surface area contributed by atoms with Crippen LogP contribution in [-0.4, -0.2) is 21.0 Å². The zero-order chi connectivity index (χ0) is 14.5. The third-order valence-electron chi connectivity index (χ3n) is 3.23. The van der Waals surface area contributed by atoms with Crippen LogP contribution in [0.25, 0.3) is 0 Å². The van der Waals surface area contributed by atoms with Gasteiger partial charge in [0.05, 0.1) is 17.5 Å². The maximum atomic E-state index is 9.34. The molecular formula is C16H22N2O2. The van der Waals surface area contributed by atoms with Gasteiger partial charge in [0.2, 0.25) is 0 Å². The van der Waals surface area contributed by atoms with Crippen LogP contribution >= 0.6 is 0 Å². The van der Waals surface area contributed by atoms with Crippen molar-refractivity contribution in [2.75, 3.05) is 0 Å². The molecule has 1 heterocycles. The normalized spacial score (nSPS) is 12.4. The zero-order valence-corrected chi connectivity index (χ0v) is 12.3. The fourth-order valence-electron chi connectivity index (χ4n) is 2.10. The van der Waals surface area contributed by atoms with E-state index >= 15 is 0 Å². The van der Waals surface area contributed by atoms with Crippen LogP contribution in [0.4, 0.5) is 0 Å². The lowest BCUT2D eigenvalue weighted by Gasteiger charge is -2.08. The van der Waals surface area contributed by atoms with E-state index in [2.05, 4.69) is 18.1 Å². The van der Waals surface area contributed by atoms with E-state index in [1.54, 1.807) is 6.92 Å². The lowest BCUT2D eigenvalue weighted by molar-refractivity contribution is 0.195. The monoisotopic (exact) mass is 274 g/mol. The highest BCUT2D eigenvalue weighted by molar-refractivity contribution is 5.27. The molecular weight excluding hydrogens is 252 g/mol. The quantitative estimate of drug-likeness (QED) is 0.880. The SMILES string of the molecule is CCc1cc(COc2ccc(CC(C)O)cc2)n(C)n1. The van der Waals surface area contributed by atoms with Crippen LogP contribution in [0.15, 0.2) is 30.3 Å². The van der Waals surface area contributed by atoms with Crippen LogP contribution in [0.1, 0.15) is 30.8 Å². The van der Waals surface area contributed by atoms with Gasteiger partial charge in [0.15, 0.2) is 0 Å². The van der Waals surface area contributed by atoms with E-state index in [-0.39, 0.29) is 6.10 Å². The highest BCUT2D eigenvalue weighted by Gasteiger charge is 2.05. The van der Waals surface area contributed by atoms with Gasteiger partial charge < -0.3 is 9.84 Å². The lowest BCUT2D eigenvalue weighted by atomic mass is 10.1. The first-order valence-electron chi connectivity index (χ1n) is 7.00. The first-order chi connectivity index (χ1) is 9.58. The van der Waals surface area contributed by atoms with Gasteiger partial charge in [0, 0.05) is 7.05 Å². The second-order valence-corrected chi connectivity index (χ2v) is 5.09. The highest BCUT2D eigenvalue weighted by Crippen LogP contribution is 2.15. The Morgan fingerprint density at radius 3 is 2.55 bits per heavy atom. The maximum Gasteiger partial charge on any atom is 0.130 e. The van der Waals surface area contributed by atoms with E-state index in [1.165, 1.54) is 0 Å². The fourth-order valence-corrected chi connectivity index (χ4v) is 2.10. The molecule has 1 aromatic carbocycles. The molecule has 0 saturated carbocycles. The number of rotatable bonds is 6. The molecule has 0 radical (unpaired) electrons. The fraction of sp³-hybridized carbons (Fsp3) is 0.438. The van der Waals surface area contributed by atoms with Crippen molar-refractivity contribution in [1.29, 1.82) is 0 Å². The van der Waals surface area contributed by atoms with Crippen LogP contribution in [0, 0.1) is 0 Å². The molecule has 0 fully saturated rings. The summed E-state index contributed by atoms with van der Waals surface area (Å²) in [6.45, 7) is 4.39. The summed E-state index contributed by atoms with van der Waals surface area (Å²) in [5.41, 5.74) is 3.26. The molecule has 4 nitrogen and oxygen atoms in total. The average Bonchev–Trinajstić information content (AvgIpc) is 2.78. The molecule has 1 aromatic heterocycles. The Labute approximate surface area is 120 Å². The molecule has 2 aromatic rings. The summed E-state index contributed by atoms with van der Waals surface area (Å²) in [4.78, 5) is 0.